The average molecular weight is 334 g/mol. The topological polar surface area (TPSA) is 98.1 Å². The molecule has 8 heteroatoms. The minimum absolute atomic E-state index is 0.175. The number of carboxylic acids is 1. The summed E-state index contributed by atoms with van der Waals surface area (Å²) >= 11 is 9.24. The Morgan fingerprint density at radius 1 is 1.67 bits per heavy atom. The number of halogens is 2. The lowest BCUT2D eigenvalue weighted by molar-refractivity contribution is -0.139. The molecular weight excluding hydrogens is 323 g/mol. The van der Waals surface area contributed by atoms with Gasteiger partial charge in [0.05, 0.1) is 0 Å². The third-order valence-electron chi connectivity index (χ3n) is 2.14. The molecule has 1 rings (SSSR count). The van der Waals surface area contributed by atoms with Crippen LogP contribution in [0.4, 0.5) is 0 Å². The zero-order valence-electron chi connectivity index (χ0n) is 9.18. The smallest absolute Gasteiger partial charge is 0.325 e. The van der Waals surface area contributed by atoms with Gasteiger partial charge >= 0.3 is 5.97 Å². The number of aliphatic carboxylic acids is 1. The standard InChI is InChI=1S/C10H10BrClN4O2/c11-6-1-2-7(8(12)5-6)9(10(17)18)14-3-4-15-16-13/h1-2,5,9,14H,3-4H2,(H,17,18). The molecule has 1 aromatic carbocycles. The van der Waals surface area contributed by atoms with Crippen molar-refractivity contribution >= 4 is 33.5 Å². The molecule has 1 atom stereocenters. The van der Waals surface area contributed by atoms with E-state index in [0.717, 1.165) is 4.47 Å². The molecule has 0 heterocycles. The second-order valence-electron chi connectivity index (χ2n) is 3.35. The Balaban J connectivity index is 2.84. The maximum atomic E-state index is 11.2. The molecule has 0 aliphatic carbocycles. The fraction of sp³-hybridized carbons (Fsp3) is 0.300. The van der Waals surface area contributed by atoms with E-state index in [1.165, 1.54) is 0 Å². The molecule has 0 saturated heterocycles. The third-order valence-corrected chi connectivity index (χ3v) is 2.96. The number of carbonyl (C=O) groups is 1. The molecule has 1 unspecified atom stereocenters. The van der Waals surface area contributed by atoms with Gasteiger partial charge in [0, 0.05) is 27.5 Å². The molecule has 0 saturated carbocycles. The van der Waals surface area contributed by atoms with Gasteiger partial charge in [-0.15, -0.1) is 0 Å². The van der Waals surface area contributed by atoms with Gasteiger partial charge in [-0.1, -0.05) is 38.7 Å². The summed E-state index contributed by atoms with van der Waals surface area (Å²) in [6, 6.07) is 4.04. The summed E-state index contributed by atoms with van der Waals surface area (Å²) in [6.45, 7) is 0.432. The molecule has 0 aromatic heterocycles. The lowest BCUT2D eigenvalue weighted by Crippen LogP contribution is -2.30. The zero-order valence-corrected chi connectivity index (χ0v) is 11.5. The van der Waals surface area contributed by atoms with Gasteiger partial charge in [0.1, 0.15) is 6.04 Å². The molecule has 2 N–H and O–H groups in total. The summed E-state index contributed by atoms with van der Waals surface area (Å²) in [5, 5.41) is 15.6. The predicted molar refractivity (Wildman–Crippen MR) is 71.5 cm³/mol. The van der Waals surface area contributed by atoms with Crippen molar-refractivity contribution in [3.05, 3.63) is 43.7 Å². The third kappa shape index (κ3) is 4.19. The lowest BCUT2D eigenvalue weighted by atomic mass is 10.1. The van der Waals surface area contributed by atoms with Crippen LogP contribution in [-0.4, -0.2) is 24.2 Å². The number of hydrogen-bond acceptors (Lipinski definition) is 3. The molecule has 0 aliphatic heterocycles. The highest BCUT2D eigenvalue weighted by atomic mass is 79.9. The second kappa shape index (κ2) is 7.23. The van der Waals surface area contributed by atoms with Crippen molar-refractivity contribution in [3.63, 3.8) is 0 Å². The number of hydrogen-bond donors (Lipinski definition) is 2. The van der Waals surface area contributed by atoms with Crippen LogP contribution in [0.2, 0.25) is 5.02 Å². The van der Waals surface area contributed by atoms with Crippen molar-refractivity contribution < 1.29 is 9.90 Å². The molecule has 96 valence electrons. The zero-order chi connectivity index (χ0) is 13.5. The van der Waals surface area contributed by atoms with E-state index in [4.69, 9.17) is 22.2 Å². The molecule has 0 fully saturated rings. The fourth-order valence-corrected chi connectivity index (χ4v) is 2.15. The van der Waals surface area contributed by atoms with E-state index in [0.29, 0.717) is 10.6 Å². The van der Waals surface area contributed by atoms with Crippen LogP contribution in [0.25, 0.3) is 10.4 Å². The molecule has 6 nitrogen and oxygen atoms in total. The van der Waals surface area contributed by atoms with Gasteiger partial charge in [0.15, 0.2) is 0 Å². The number of nitrogens with zero attached hydrogens (tertiary/aromatic N) is 3. The van der Waals surface area contributed by atoms with E-state index in [9.17, 15) is 4.79 Å². The number of azide groups is 1. The molecule has 0 bridgehead atoms. The first kappa shape index (κ1) is 14.8. The van der Waals surface area contributed by atoms with Gasteiger partial charge in [-0.3, -0.25) is 4.79 Å². The van der Waals surface area contributed by atoms with Crippen molar-refractivity contribution in [2.75, 3.05) is 13.1 Å². The van der Waals surface area contributed by atoms with Gasteiger partial charge in [-0.2, -0.15) is 0 Å². The van der Waals surface area contributed by atoms with Gasteiger partial charge in [0.2, 0.25) is 0 Å². The molecule has 1 aromatic rings. The van der Waals surface area contributed by atoms with Gasteiger partial charge in [0.25, 0.3) is 0 Å². The minimum Gasteiger partial charge on any atom is -0.480 e. The van der Waals surface area contributed by atoms with E-state index in [1.807, 2.05) is 0 Å². The number of rotatable bonds is 6. The van der Waals surface area contributed by atoms with E-state index < -0.39 is 12.0 Å². The van der Waals surface area contributed by atoms with Crippen LogP contribution >= 0.6 is 27.5 Å². The summed E-state index contributed by atoms with van der Waals surface area (Å²) in [5.74, 6) is -1.04. The normalized spacial score (nSPS) is 11.7. The Hall–Kier alpha value is -1.27. The van der Waals surface area contributed by atoms with Crippen molar-refractivity contribution in [1.82, 2.24) is 5.32 Å². The van der Waals surface area contributed by atoms with Crippen LogP contribution in [0, 0.1) is 0 Å². The summed E-state index contributed by atoms with van der Waals surface area (Å²) in [6.07, 6.45) is 0. The van der Waals surface area contributed by atoms with Crippen LogP contribution in [0.3, 0.4) is 0 Å². The number of nitrogens with one attached hydrogen (secondary N) is 1. The van der Waals surface area contributed by atoms with E-state index in [1.54, 1.807) is 18.2 Å². The predicted octanol–water partition coefficient (Wildman–Crippen LogP) is 3.13. The van der Waals surface area contributed by atoms with Crippen molar-refractivity contribution in [1.29, 1.82) is 0 Å². The summed E-state index contributed by atoms with van der Waals surface area (Å²) in [7, 11) is 0. The van der Waals surface area contributed by atoms with E-state index in [2.05, 4.69) is 31.3 Å². The van der Waals surface area contributed by atoms with Gasteiger partial charge in [-0.25, -0.2) is 0 Å². The maximum absolute atomic E-state index is 11.2. The highest BCUT2D eigenvalue weighted by Crippen LogP contribution is 2.26. The van der Waals surface area contributed by atoms with Gasteiger partial charge < -0.3 is 10.4 Å². The second-order valence-corrected chi connectivity index (χ2v) is 4.67. The molecule has 0 amide bonds. The van der Waals surface area contributed by atoms with Crippen LogP contribution in [-0.2, 0) is 4.79 Å². The Morgan fingerprint density at radius 3 is 2.94 bits per heavy atom. The number of carboxylic acid groups (broad SMARTS) is 1. The van der Waals surface area contributed by atoms with Crippen LogP contribution < -0.4 is 5.32 Å². The Kier molecular flexibility index (Phi) is 5.94. The summed E-state index contributed by atoms with van der Waals surface area (Å²) in [5.41, 5.74) is 8.59. The van der Waals surface area contributed by atoms with Gasteiger partial charge in [-0.05, 0) is 23.2 Å². The first-order valence-corrected chi connectivity index (χ1v) is 6.15. The Bertz CT molecular complexity index is 491. The Labute approximate surface area is 117 Å². The molecule has 0 radical (unpaired) electrons. The van der Waals surface area contributed by atoms with Crippen LogP contribution in [0.15, 0.2) is 27.8 Å². The maximum Gasteiger partial charge on any atom is 0.325 e. The summed E-state index contributed by atoms with van der Waals surface area (Å²) < 4.78 is 0.773. The first-order valence-electron chi connectivity index (χ1n) is 4.98. The minimum atomic E-state index is -1.04. The van der Waals surface area contributed by atoms with Crippen LogP contribution in [0.1, 0.15) is 11.6 Å². The lowest BCUT2D eigenvalue weighted by Gasteiger charge is -2.15. The molecular formula is C10H10BrClN4O2. The fourth-order valence-electron chi connectivity index (χ4n) is 1.37. The molecule has 0 aliphatic rings. The molecule has 18 heavy (non-hydrogen) atoms. The summed E-state index contributed by atoms with van der Waals surface area (Å²) in [4.78, 5) is 13.7. The monoisotopic (exact) mass is 332 g/mol. The van der Waals surface area contributed by atoms with Crippen LogP contribution in [0.5, 0.6) is 0 Å². The van der Waals surface area contributed by atoms with E-state index >= 15 is 0 Å². The highest BCUT2D eigenvalue weighted by Gasteiger charge is 2.21. The van der Waals surface area contributed by atoms with E-state index in [-0.39, 0.29) is 13.1 Å². The molecule has 0 spiro atoms. The highest BCUT2D eigenvalue weighted by molar-refractivity contribution is 9.10. The number of benzene rings is 1. The first-order chi connectivity index (χ1) is 8.56. The quantitative estimate of drug-likeness (QED) is 0.362. The van der Waals surface area contributed by atoms with Crippen molar-refractivity contribution in [3.8, 4) is 0 Å². The SMILES string of the molecule is [N-]=[N+]=NCCNC(C(=O)O)c1ccc(Br)cc1Cl. The van der Waals surface area contributed by atoms with Crippen molar-refractivity contribution in [2.45, 2.75) is 6.04 Å². The largest absolute Gasteiger partial charge is 0.480 e. The van der Waals surface area contributed by atoms with Crippen molar-refractivity contribution in [2.24, 2.45) is 5.11 Å². The average Bonchev–Trinajstić information content (AvgIpc) is 2.30. The Morgan fingerprint density at radius 2 is 2.39 bits per heavy atom.